The molecule has 0 bridgehead atoms. The summed E-state index contributed by atoms with van der Waals surface area (Å²) in [6, 6.07) is 11.6. The number of ether oxygens (including phenoxy) is 2. The van der Waals surface area contributed by atoms with Crippen LogP contribution < -0.4 is 0 Å². The van der Waals surface area contributed by atoms with Crippen molar-refractivity contribution in [1.82, 2.24) is 0 Å². The van der Waals surface area contributed by atoms with Crippen LogP contribution in [0.15, 0.2) is 46.9 Å². The summed E-state index contributed by atoms with van der Waals surface area (Å²) < 4.78 is 38.2. The maximum atomic E-state index is 13.7. The summed E-state index contributed by atoms with van der Waals surface area (Å²) >= 11 is 3.24. The SMILES string of the molecule is CCOC(=O)CCC(OCc1ccccc1)c1cc(F)c(F)cc1Br. The molecule has 2 aromatic rings. The predicted octanol–water partition coefficient (Wildman–Crippen LogP) is 5.33. The lowest BCUT2D eigenvalue weighted by Crippen LogP contribution is -2.11. The molecule has 2 rings (SSSR count). The van der Waals surface area contributed by atoms with Crippen molar-refractivity contribution < 1.29 is 23.0 Å². The quantitative estimate of drug-likeness (QED) is 0.434. The largest absolute Gasteiger partial charge is 0.466 e. The predicted molar refractivity (Wildman–Crippen MR) is 93.9 cm³/mol. The van der Waals surface area contributed by atoms with Gasteiger partial charge >= 0.3 is 5.97 Å². The standard InChI is InChI=1S/C19H19BrF2O3/c1-2-24-19(23)9-8-18(25-12-13-6-4-3-5-7-13)14-10-16(21)17(22)11-15(14)20/h3-7,10-11,18H,2,8-9,12H2,1H3. The minimum atomic E-state index is -0.956. The Bertz CT molecular complexity index is 707. The fraction of sp³-hybridized carbons (Fsp3) is 0.316. The summed E-state index contributed by atoms with van der Waals surface area (Å²) in [6.45, 7) is 2.32. The van der Waals surface area contributed by atoms with E-state index in [-0.39, 0.29) is 12.4 Å². The van der Waals surface area contributed by atoms with E-state index >= 15 is 0 Å². The van der Waals surface area contributed by atoms with Crippen LogP contribution in [0.4, 0.5) is 8.78 Å². The van der Waals surface area contributed by atoms with Crippen LogP contribution >= 0.6 is 15.9 Å². The molecule has 0 spiro atoms. The van der Waals surface area contributed by atoms with Gasteiger partial charge in [0.1, 0.15) is 0 Å². The number of halogens is 3. The van der Waals surface area contributed by atoms with E-state index in [4.69, 9.17) is 9.47 Å². The first kappa shape index (κ1) is 19.5. The van der Waals surface area contributed by atoms with Gasteiger partial charge in [-0.15, -0.1) is 0 Å². The molecule has 6 heteroatoms. The Labute approximate surface area is 154 Å². The first-order valence-corrected chi connectivity index (χ1v) is 8.76. The van der Waals surface area contributed by atoms with Gasteiger partial charge in [0, 0.05) is 10.9 Å². The molecule has 0 fully saturated rings. The van der Waals surface area contributed by atoms with E-state index in [1.165, 1.54) is 0 Å². The van der Waals surface area contributed by atoms with Gasteiger partial charge in [-0.05, 0) is 36.6 Å². The number of benzene rings is 2. The molecule has 0 N–H and O–H groups in total. The Kier molecular flexibility index (Phi) is 7.52. The summed E-state index contributed by atoms with van der Waals surface area (Å²) in [7, 11) is 0. The molecule has 0 amide bonds. The molecule has 0 aromatic heterocycles. The van der Waals surface area contributed by atoms with Crippen molar-refractivity contribution >= 4 is 21.9 Å². The Morgan fingerprint density at radius 1 is 1.16 bits per heavy atom. The van der Waals surface area contributed by atoms with Crippen LogP contribution in [0.1, 0.15) is 37.0 Å². The highest BCUT2D eigenvalue weighted by molar-refractivity contribution is 9.10. The monoisotopic (exact) mass is 412 g/mol. The first-order valence-electron chi connectivity index (χ1n) is 7.96. The van der Waals surface area contributed by atoms with Gasteiger partial charge in [0.2, 0.25) is 0 Å². The third-order valence-electron chi connectivity index (χ3n) is 3.60. The second-order valence-corrected chi connectivity index (χ2v) is 6.27. The molecule has 25 heavy (non-hydrogen) atoms. The highest BCUT2D eigenvalue weighted by Crippen LogP contribution is 2.32. The zero-order valence-corrected chi connectivity index (χ0v) is 15.4. The van der Waals surface area contributed by atoms with Crippen molar-refractivity contribution in [2.45, 2.75) is 32.5 Å². The van der Waals surface area contributed by atoms with Crippen molar-refractivity contribution in [2.24, 2.45) is 0 Å². The summed E-state index contributed by atoms with van der Waals surface area (Å²) in [4.78, 5) is 11.6. The third-order valence-corrected chi connectivity index (χ3v) is 4.28. The molecule has 1 unspecified atom stereocenters. The van der Waals surface area contributed by atoms with Gasteiger partial charge in [0.05, 0.1) is 19.3 Å². The lowest BCUT2D eigenvalue weighted by Gasteiger charge is -2.20. The van der Waals surface area contributed by atoms with E-state index in [0.717, 1.165) is 17.7 Å². The summed E-state index contributed by atoms with van der Waals surface area (Å²) in [6.07, 6.45) is -0.150. The fourth-order valence-corrected chi connectivity index (χ4v) is 2.94. The van der Waals surface area contributed by atoms with Gasteiger partial charge < -0.3 is 9.47 Å². The molecule has 0 aliphatic rings. The summed E-state index contributed by atoms with van der Waals surface area (Å²) in [5.74, 6) is -2.25. The van der Waals surface area contributed by atoms with Crippen molar-refractivity contribution in [2.75, 3.05) is 6.61 Å². The maximum Gasteiger partial charge on any atom is 0.305 e. The Morgan fingerprint density at radius 3 is 2.52 bits per heavy atom. The molecule has 2 aromatic carbocycles. The van der Waals surface area contributed by atoms with Crippen molar-refractivity contribution in [3.63, 3.8) is 0 Å². The molecule has 0 saturated carbocycles. The van der Waals surface area contributed by atoms with Gasteiger partial charge in [0.15, 0.2) is 11.6 Å². The van der Waals surface area contributed by atoms with Crippen molar-refractivity contribution in [3.05, 3.63) is 69.7 Å². The molecule has 0 aliphatic heterocycles. The van der Waals surface area contributed by atoms with E-state index in [9.17, 15) is 13.6 Å². The third kappa shape index (κ3) is 5.90. The van der Waals surface area contributed by atoms with Crippen LogP contribution in [-0.2, 0) is 20.9 Å². The minimum Gasteiger partial charge on any atom is -0.466 e. The molecule has 0 heterocycles. The van der Waals surface area contributed by atoms with Crippen LogP contribution in [0.5, 0.6) is 0 Å². The number of carbonyl (C=O) groups excluding carboxylic acids is 1. The molecule has 0 aliphatic carbocycles. The van der Waals surface area contributed by atoms with E-state index in [0.29, 0.717) is 29.7 Å². The molecule has 0 saturated heterocycles. The van der Waals surface area contributed by atoms with Gasteiger partial charge in [0.25, 0.3) is 0 Å². The zero-order valence-electron chi connectivity index (χ0n) is 13.8. The van der Waals surface area contributed by atoms with Crippen molar-refractivity contribution in [1.29, 1.82) is 0 Å². The van der Waals surface area contributed by atoms with Crippen LogP contribution in [0, 0.1) is 11.6 Å². The highest BCUT2D eigenvalue weighted by atomic mass is 79.9. The lowest BCUT2D eigenvalue weighted by atomic mass is 10.0. The van der Waals surface area contributed by atoms with Gasteiger partial charge in [-0.3, -0.25) is 4.79 Å². The topological polar surface area (TPSA) is 35.5 Å². The smallest absolute Gasteiger partial charge is 0.305 e. The normalized spacial score (nSPS) is 12.0. The Balaban J connectivity index is 2.16. The number of rotatable bonds is 8. The van der Waals surface area contributed by atoms with E-state index in [1.807, 2.05) is 30.3 Å². The molecule has 0 radical (unpaired) electrons. The summed E-state index contributed by atoms with van der Waals surface area (Å²) in [5, 5.41) is 0. The van der Waals surface area contributed by atoms with Crippen LogP contribution in [-0.4, -0.2) is 12.6 Å². The fourth-order valence-electron chi connectivity index (χ4n) is 2.37. The first-order chi connectivity index (χ1) is 12.0. The lowest BCUT2D eigenvalue weighted by molar-refractivity contribution is -0.144. The molecule has 3 nitrogen and oxygen atoms in total. The minimum absolute atomic E-state index is 0.124. The Morgan fingerprint density at radius 2 is 1.84 bits per heavy atom. The number of hydrogen-bond donors (Lipinski definition) is 0. The zero-order chi connectivity index (χ0) is 18.2. The van der Waals surface area contributed by atoms with Gasteiger partial charge in [-0.2, -0.15) is 0 Å². The highest BCUT2D eigenvalue weighted by Gasteiger charge is 2.20. The summed E-state index contributed by atoms with van der Waals surface area (Å²) in [5.41, 5.74) is 1.40. The van der Waals surface area contributed by atoms with Gasteiger partial charge in [-0.25, -0.2) is 8.78 Å². The van der Waals surface area contributed by atoms with Crippen LogP contribution in [0.3, 0.4) is 0 Å². The molecule has 1 atom stereocenters. The second-order valence-electron chi connectivity index (χ2n) is 5.42. The molecular formula is C19H19BrF2O3. The van der Waals surface area contributed by atoms with E-state index in [2.05, 4.69) is 15.9 Å². The molecule has 134 valence electrons. The number of esters is 1. The van der Waals surface area contributed by atoms with Crippen LogP contribution in [0.2, 0.25) is 0 Å². The number of hydrogen-bond acceptors (Lipinski definition) is 3. The Hall–Kier alpha value is -1.79. The second kappa shape index (κ2) is 9.63. The maximum absolute atomic E-state index is 13.7. The van der Waals surface area contributed by atoms with Gasteiger partial charge in [-0.1, -0.05) is 46.3 Å². The van der Waals surface area contributed by atoms with Crippen molar-refractivity contribution in [3.8, 4) is 0 Å². The van der Waals surface area contributed by atoms with E-state index < -0.39 is 17.7 Å². The average Bonchev–Trinajstić information content (AvgIpc) is 2.60. The average molecular weight is 413 g/mol. The number of carbonyl (C=O) groups is 1. The van der Waals surface area contributed by atoms with Crippen LogP contribution in [0.25, 0.3) is 0 Å². The molecular weight excluding hydrogens is 394 g/mol. The van der Waals surface area contributed by atoms with E-state index in [1.54, 1.807) is 6.92 Å².